The van der Waals surface area contributed by atoms with E-state index < -0.39 is 0 Å². The number of hydrogen-bond acceptors (Lipinski definition) is 1. The van der Waals surface area contributed by atoms with E-state index in [0.29, 0.717) is 0 Å². The third-order valence-electron chi connectivity index (χ3n) is 10.4. The van der Waals surface area contributed by atoms with Crippen LogP contribution in [0.2, 0.25) is 0 Å². The maximum atomic E-state index is 2.47. The minimum atomic E-state index is 1.10. The summed E-state index contributed by atoms with van der Waals surface area (Å²) in [5.74, 6) is 0. The van der Waals surface area contributed by atoms with Gasteiger partial charge in [-0.3, -0.25) is 0 Å². The van der Waals surface area contributed by atoms with E-state index in [2.05, 4.69) is 216 Å². The molecule has 244 valence electrons. The van der Waals surface area contributed by atoms with E-state index in [1.54, 1.807) is 0 Å². The first-order chi connectivity index (χ1) is 25.8. The highest BCUT2D eigenvalue weighted by Gasteiger charge is 2.23. The third-order valence-corrected chi connectivity index (χ3v) is 10.4. The van der Waals surface area contributed by atoms with Crippen LogP contribution < -0.4 is 4.90 Å². The topological polar surface area (TPSA) is 8.17 Å². The number of aromatic nitrogens is 1. The van der Waals surface area contributed by atoms with Crippen LogP contribution >= 0.6 is 0 Å². The Morgan fingerprint density at radius 2 is 0.923 bits per heavy atom. The number of anilines is 3. The third kappa shape index (κ3) is 4.88. The molecule has 0 fully saturated rings. The van der Waals surface area contributed by atoms with Crippen LogP contribution in [0, 0.1) is 0 Å². The second-order valence-electron chi connectivity index (χ2n) is 13.3. The van der Waals surface area contributed by atoms with E-state index in [0.717, 1.165) is 22.7 Å². The van der Waals surface area contributed by atoms with Crippen molar-refractivity contribution in [3.05, 3.63) is 206 Å². The summed E-state index contributed by atoms with van der Waals surface area (Å²) < 4.78 is 2.40. The second-order valence-corrected chi connectivity index (χ2v) is 13.3. The highest BCUT2D eigenvalue weighted by atomic mass is 15.2. The van der Waals surface area contributed by atoms with E-state index in [4.69, 9.17) is 0 Å². The molecule has 0 radical (unpaired) electrons. The molecule has 0 amide bonds. The predicted octanol–water partition coefficient (Wildman–Crippen LogP) is 13.9. The number of fused-ring (bicyclic) bond motifs is 6. The summed E-state index contributed by atoms with van der Waals surface area (Å²) in [6, 6.07) is 74.7. The Kier molecular flexibility index (Phi) is 7.18. The maximum Gasteiger partial charge on any atom is 0.0562 e. The van der Waals surface area contributed by atoms with Crippen LogP contribution in [0.15, 0.2) is 206 Å². The monoisotopic (exact) mass is 662 g/mol. The van der Waals surface area contributed by atoms with Gasteiger partial charge in [-0.2, -0.15) is 0 Å². The smallest absolute Gasteiger partial charge is 0.0562 e. The molecule has 2 nitrogen and oxygen atoms in total. The highest BCUT2D eigenvalue weighted by Crippen LogP contribution is 2.48. The summed E-state index contributed by atoms with van der Waals surface area (Å²) in [5.41, 5.74) is 11.7. The van der Waals surface area contributed by atoms with E-state index in [-0.39, 0.29) is 0 Å². The van der Waals surface area contributed by atoms with Crippen molar-refractivity contribution in [3.8, 4) is 27.9 Å². The molecule has 0 aliphatic heterocycles. The molecule has 0 spiro atoms. The summed E-state index contributed by atoms with van der Waals surface area (Å²) in [6.07, 6.45) is 0. The molecule has 2 heteroatoms. The van der Waals surface area contributed by atoms with Gasteiger partial charge >= 0.3 is 0 Å². The van der Waals surface area contributed by atoms with E-state index in [1.165, 1.54) is 65.6 Å². The molecule has 0 aliphatic rings. The van der Waals surface area contributed by atoms with Crippen molar-refractivity contribution >= 4 is 60.4 Å². The lowest BCUT2D eigenvalue weighted by atomic mass is 9.92. The molecule has 0 saturated heterocycles. The van der Waals surface area contributed by atoms with Gasteiger partial charge in [0, 0.05) is 27.7 Å². The summed E-state index contributed by atoms with van der Waals surface area (Å²) >= 11 is 0. The first-order valence-electron chi connectivity index (χ1n) is 17.9. The lowest BCUT2D eigenvalue weighted by molar-refractivity contribution is 1.18. The van der Waals surface area contributed by atoms with E-state index in [1.807, 2.05) is 0 Å². The Bertz CT molecular complexity index is 2890. The lowest BCUT2D eigenvalue weighted by Gasteiger charge is -2.29. The van der Waals surface area contributed by atoms with Crippen LogP contribution in [0.4, 0.5) is 17.1 Å². The molecular weight excluding hydrogens is 629 g/mol. The van der Waals surface area contributed by atoms with Crippen LogP contribution in [0.25, 0.3) is 71.3 Å². The SMILES string of the molecule is c1ccc(-c2ccc(N(c3ccccc3-c3cc4ccccc4c4ccccc34)c3cccc4c3c3ccccc3n4-c3ccccc3)cc2)cc1. The quantitative estimate of drug-likeness (QED) is 0.161. The molecule has 52 heavy (non-hydrogen) atoms. The average Bonchev–Trinajstić information content (AvgIpc) is 3.57. The van der Waals surface area contributed by atoms with Crippen LogP contribution in [-0.4, -0.2) is 4.57 Å². The molecule has 0 unspecified atom stereocenters. The zero-order valence-corrected chi connectivity index (χ0v) is 28.5. The van der Waals surface area contributed by atoms with Crippen LogP contribution in [0.5, 0.6) is 0 Å². The summed E-state index contributed by atoms with van der Waals surface area (Å²) in [4.78, 5) is 2.47. The van der Waals surface area contributed by atoms with Crippen molar-refractivity contribution in [2.75, 3.05) is 4.90 Å². The Morgan fingerprint density at radius 3 is 1.73 bits per heavy atom. The Morgan fingerprint density at radius 1 is 0.346 bits per heavy atom. The molecule has 9 aromatic carbocycles. The molecule has 10 aromatic rings. The van der Waals surface area contributed by atoms with E-state index >= 15 is 0 Å². The molecule has 0 saturated carbocycles. The van der Waals surface area contributed by atoms with Gasteiger partial charge < -0.3 is 9.47 Å². The average molecular weight is 663 g/mol. The van der Waals surface area contributed by atoms with Crippen molar-refractivity contribution in [1.29, 1.82) is 0 Å². The summed E-state index contributed by atoms with van der Waals surface area (Å²) in [7, 11) is 0. The summed E-state index contributed by atoms with van der Waals surface area (Å²) in [5, 5.41) is 7.44. The minimum Gasteiger partial charge on any atom is -0.309 e. The molecule has 0 N–H and O–H groups in total. The highest BCUT2D eigenvalue weighted by molar-refractivity contribution is 6.18. The number of benzene rings is 9. The van der Waals surface area contributed by atoms with Crippen molar-refractivity contribution in [1.82, 2.24) is 4.57 Å². The van der Waals surface area contributed by atoms with Crippen LogP contribution in [-0.2, 0) is 0 Å². The maximum absolute atomic E-state index is 2.47. The standard InChI is InChI=1S/C50H34N2/c1-3-16-35(17-4-1)36-30-32-39(33-31-36)52(49-29-15-28-48-50(49)44-25-12-14-27-47(44)51(48)38-19-5-2-6-20-38)46-26-13-11-24-43(46)45-34-37-18-7-8-21-40(37)41-22-9-10-23-42(41)45/h1-34H. The van der Waals surface area contributed by atoms with Gasteiger partial charge in [0.2, 0.25) is 0 Å². The number of hydrogen-bond donors (Lipinski definition) is 0. The van der Waals surface area contributed by atoms with E-state index in [9.17, 15) is 0 Å². The fraction of sp³-hybridized carbons (Fsp3) is 0. The summed E-state index contributed by atoms with van der Waals surface area (Å²) in [6.45, 7) is 0. The molecule has 10 rings (SSSR count). The van der Waals surface area contributed by atoms with Gasteiger partial charge in [0.25, 0.3) is 0 Å². The van der Waals surface area contributed by atoms with Gasteiger partial charge in [-0.15, -0.1) is 0 Å². The normalized spacial score (nSPS) is 11.5. The van der Waals surface area contributed by atoms with Gasteiger partial charge in [0.1, 0.15) is 0 Å². The first kappa shape index (κ1) is 30.0. The number of para-hydroxylation sites is 3. The molecular formula is C50H34N2. The molecule has 0 bridgehead atoms. The molecule has 1 aromatic heterocycles. The number of rotatable bonds is 6. The van der Waals surface area contributed by atoms with Gasteiger partial charge in [0.05, 0.1) is 22.4 Å². The Labute approximate surface area is 303 Å². The van der Waals surface area contributed by atoms with Crippen molar-refractivity contribution < 1.29 is 0 Å². The second kappa shape index (κ2) is 12.5. The minimum absolute atomic E-state index is 1.10. The largest absolute Gasteiger partial charge is 0.309 e. The fourth-order valence-electron chi connectivity index (χ4n) is 8.06. The van der Waals surface area contributed by atoms with Crippen molar-refractivity contribution in [3.63, 3.8) is 0 Å². The predicted molar refractivity (Wildman–Crippen MR) is 221 cm³/mol. The van der Waals surface area contributed by atoms with Gasteiger partial charge in [-0.05, 0) is 92.8 Å². The Balaban J connectivity index is 1.28. The van der Waals surface area contributed by atoms with Crippen molar-refractivity contribution in [2.24, 2.45) is 0 Å². The van der Waals surface area contributed by atoms with Crippen LogP contribution in [0.3, 0.4) is 0 Å². The molecule has 0 aliphatic carbocycles. The zero-order chi connectivity index (χ0) is 34.4. The van der Waals surface area contributed by atoms with Gasteiger partial charge in [-0.25, -0.2) is 0 Å². The molecule has 0 atom stereocenters. The molecule has 1 heterocycles. The lowest BCUT2D eigenvalue weighted by Crippen LogP contribution is -2.12. The zero-order valence-electron chi connectivity index (χ0n) is 28.5. The van der Waals surface area contributed by atoms with Gasteiger partial charge in [0.15, 0.2) is 0 Å². The Hall–Kier alpha value is -6.90. The van der Waals surface area contributed by atoms with Crippen molar-refractivity contribution in [2.45, 2.75) is 0 Å². The first-order valence-corrected chi connectivity index (χ1v) is 17.9. The fourth-order valence-corrected chi connectivity index (χ4v) is 8.06. The van der Waals surface area contributed by atoms with Gasteiger partial charge in [-0.1, -0.05) is 152 Å². The van der Waals surface area contributed by atoms with Crippen LogP contribution in [0.1, 0.15) is 0 Å². The number of nitrogens with zero attached hydrogens (tertiary/aromatic N) is 2.